The van der Waals surface area contributed by atoms with Crippen LogP contribution in [0.3, 0.4) is 0 Å². The van der Waals surface area contributed by atoms with Gasteiger partial charge in [-0.1, -0.05) is 170 Å². The molecule has 0 spiro atoms. The molecule has 0 radical (unpaired) electrons. The van der Waals surface area contributed by atoms with Crippen molar-refractivity contribution in [2.45, 2.75) is 0 Å². The van der Waals surface area contributed by atoms with Crippen molar-refractivity contribution < 1.29 is 0 Å². The fraction of sp³-hybridized carbons (Fsp3) is 0. The van der Waals surface area contributed by atoms with Gasteiger partial charge in [-0.25, -0.2) is 15.0 Å². The third kappa shape index (κ3) is 5.97. The highest BCUT2D eigenvalue weighted by atomic mass is 32.1. The molecule has 0 N–H and O–H groups in total. The molecule has 0 atom stereocenters. The molecule has 0 bridgehead atoms. The lowest BCUT2D eigenvalue weighted by Gasteiger charge is -2.29. The van der Waals surface area contributed by atoms with Gasteiger partial charge in [0.1, 0.15) is 0 Å². The fourth-order valence-corrected chi connectivity index (χ4v) is 9.32. The van der Waals surface area contributed by atoms with Crippen molar-refractivity contribution in [2.75, 3.05) is 4.90 Å². The van der Waals surface area contributed by atoms with Gasteiger partial charge in [-0.2, -0.15) is 0 Å². The zero-order valence-corrected chi connectivity index (χ0v) is 32.1. The maximum atomic E-state index is 5.11. The number of fused-ring (bicyclic) bond motifs is 5. The molecule has 0 amide bonds. The van der Waals surface area contributed by atoms with E-state index in [9.17, 15) is 0 Å². The fourth-order valence-electron chi connectivity index (χ4n) is 8.15. The van der Waals surface area contributed by atoms with Gasteiger partial charge in [-0.05, 0) is 58.1 Å². The summed E-state index contributed by atoms with van der Waals surface area (Å²) in [6.45, 7) is 0. The highest BCUT2D eigenvalue weighted by molar-refractivity contribution is 7.26. The van der Waals surface area contributed by atoms with Crippen LogP contribution in [0.2, 0.25) is 0 Å². The van der Waals surface area contributed by atoms with Crippen molar-refractivity contribution in [3.8, 4) is 45.3 Å². The highest BCUT2D eigenvalue weighted by Gasteiger charge is 2.21. The molecule has 5 heteroatoms. The molecule has 58 heavy (non-hydrogen) atoms. The first-order chi connectivity index (χ1) is 28.7. The molecule has 2 aromatic heterocycles. The minimum absolute atomic E-state index is 0.655. The van der Waals surface area contributed by atoms with Gasteiger partial charge >= 0.3 is 0 Å². The van der Waals surface area contributed by atoms with Gasteiger partial charge in [-0.3, -0.25) is 0 Å². The molecule has 272 valence electrons. The van der Waals surface area contributed by atoms with E-state index in [1.807, 2.05) is 36.4 Å². The monoisotopic (exact) mass is 758 g/mol. The molecular formula is C53H34N4S. The molecular weight excluding hydrogens is 725 g/mol. The summed E-state index contributed by atoms with van der Waals surface area (Å²) >= 11 is 1.81. The first kappa shape index (κ1) is 33.8. The Hall–Kier alpha value is -7.47. The van der Waals surface area contributed by atoms with E-state index in [0.717, 1.165) is 50.3 Å². The van der Waals surface area contributed by atoms with Gasteiger partial charge in [0.2, 0.25) is 0 Å². The van der Waals surface area contributed by atoms with Gasteiger partial charge < -0.3 is 4.90 Å². The van der Waals surface area contributed by atoms with Crippen LogP contribution in [0.4, 0.5) is 17.1 Å². The number of para-hydroxylation sites is 1. The van der Waals surface area contributed by atoms with E-state index in [0.29, 0.717) is 17.5 Å². The first-order valence-corrected chi connectivity index (χ1v) is 20.3. The van der Waals surface area contributed by atoms with Crippen molar-refractivity contribution in [1.29, 1.82) is 0 Å². The van der Waals surface area contributed by atoms with Gasteiger partial charge in [-0.15, -0.1) is 11.3 Å². The van der Waals surface area contributed by atoms with Crippen LogP contribution in [0.15, 0.2) is 206 Å². The second-order valence-electron chi connectivity index (χ2n) is 14.4. The predicted molar refractivity (Wildman–Crippen MR) is 244 cm³/mol. The lowest BCUT2D eigenvalue weighted by Crippen LogP contribution is -2.11. The molecule has 0 unspecified atom stereocenters. The smallest absolute Gasteiger partial charge is 0.164 e. The molecule has 0 aliphatic heterocycles. The molecule has 4 nitrogen and oxygen atoms in total. The zero-order chi connectivity index (χ0) is 38.4. The van der Waals surface area contributed by atoms with E-state index < -0.39 is 0 Å². The van der Waals surface area contributed by atoms with Crippen LogP contribution < -0.4 is 4.90 Å². The number of aromatic nitrogens is 3. The van der Waals surface area contributed by atoms with Crippen LogP contribution in [0, 0.1) is 0 Å². The Labute approximate surface area is 340 Å². The number of nitrogens with zero attached hydrogens (tertiary/aromatic N) is 4. The summed E-state index contributed by atoms with van der Waals surface area (Å²) in [6.07, 6.45) is 0. The normalized spacial score (nSPS) is 11.4. The molecule has 2 heterocycles. The molecule has 9 aromatic carbocycles. The average Bonchev–Trinajstić information content (AvgIpc) is 3.68. The number of benzene rings is 9. The Morgan fingerprint density at radius 1 is 0.345 bits per heavy atom. The van der Waals surface area contributed by atoms with Crippen LogP contribution in [0.5, 0.6) is 0 Å². The van der Waals surface area contributed by atoms with Crippen LogP contribution >= 0.6 is 11.3 Å². The Bertz CT molecular complexity index is 3240. The maximum absolute atomic E-state index is 5.11. The second-order valence-corrected chi connectivity index (χ2v) is 15.5. The zero-order valence-electron chi connectivity index (χ0n) is 31.3. The summed E-state index contributed by atoms with van der Waals surface area (Å²) in [7, 11) is 0. The maximum Gasteiger partial charge on any atom is 0.164 e. The Balaban J connectivity index is 1.08. The van der Waals surface area contributed by atoms with Crippen molar-refractivity contribution in [3.63, 3.8) is 0 Å². The largest absolute Gasteiger partial charge is 0.309 e. The molecule has 0 aliphatic rings. The summed E-state index contributed by atoms with van der Waals surface area (Å²) in [5.41, 5.74) is 8.56. The SMILES string of the molecule is c1ccc(-c2nc(-c3ccccc3)nc(-c3cccc4sc5cc(-c6ccccc6N(c6ccc7ccccc7c6)c6cccc7ccccc67)ccc5c34)n2)cc1. The summed E-state index contributed by atoms with van der Waals surface area (Å²) < 4.78 is 2.40. The van der Waals surface area contributed by atoms with Crippen LogP contribution in [0.1, 0.15) is 0 Å². The first-order valence-electron chi connectivity index (χ1n) is 19.4. The second kappa shape index (κ2) is 14.2. The van der Waals surface area contributed by atoms with E-state index in [2.05, 4.69) is 175 Å². The summed E-state index contributed by atoms with van der Waals surface area (Å²) in [5, 5.41) is 7.16. The Morgan fingerprint density at radius 2 is 0.948 bits per heavy atom. The topological polar surface area (TPSA) is 41.9 Å². The molecule has 11 rings (SSSR count). The number of anilines is 3. The van der Waals surface area contributed by atoms with Crippen molar-refractivity contribution >= 4 is 70.1 Å². The summed E-state index contributed by atoms with van der Waals surface area (Å²) in [4.78, 5) is 17.6. The van der Waals surface area contributed by atoms with E-state index in [4.69, 9.17) is 15.0 Å². The van der Waals surface area contributed by atoms with E-state index >= 15 is 0 Å². The molecule has 0 fully saturated rings. The van der Waals surface area contributed by atoms with Crippen molar-refractivity contribution in [3.05, 3.63) is 206 Å². The Kier molecular flexibility index (Phi) is 8.30. The Morgan fingerprint density at radius 3 is 1.74 bits per heavy atom. The van der Waals surface area contributed by atoms with Crippen LogP contribution in [0.25, 0.3) is 87.0 Å². The number of thiophene rings is 1. The predicted octanol–water partition coefficient (Wildman–Crippen LogP) is 14.7. The highest BCUT2D eigenvalue weighted by Crippen LogP contribution is 2.46. The van der Waals surface area contributed by atoms with Gasteiger partial charge in [0.15, 0.2) is 17.5 Å². The number of hydrogen-bond donors (Lipinski definition) is 0. The lowest BCUT2D eigenvalue weighted by molar-refractivity contribution is 1.08. The van der Waals surface area contributed by atoms with Crippen molar-refractivity contribution in [2.24, 2.45) is 0 Å². The summed E-state index contributed by atoms with van der Waals surface area (Å²) in [5.74, 6) is 1.97. The lowest BCUT2D eigenvalue weighted by atomic mass is 9.98. The average molecular weight is 759 g/mol. The molecule has 11 aromatic rings. The van der Waals surface area contributed by atoms with E-state index in [1.165, 1.54) is 36.3 Å². The third-order valence-corrected chi connectivity index (χ3v) is 12.0. The standard InChI is InChI=1S/C53H34N4S/c1-3-17-37(18-4-1)51-54-52(38-19-5-2-6-20-38)56-53(55-51)45-25-14-28-48-50(45)44-32-30-40(34-49(44)58-48)43-24-11-12-26-46(43)57(41-31-29-35-15-7-8-21-39(35)33-41)47-27-13-22-36-16-9-10-23-42(36)47/h1-34H. The van der Waals surface area contributed by atoms with Crippen molar-refractivity contribution in [1.82, 2.24) is 15.0 Å². The third-order valence-electron chi connectivity index (χ3n) is 10.9. The minimum atomic E-state index is 0.655. The van der Waals surface area contributed by atoms with E-state index in [1.54, 1.807) is 11.3 Å². The van der Waals surface area contributed by atoms with Gasteiger partial charge in [0.25, 0.3) is 0 Å². The van der Waals surface area contributed by atoms with Gasteiger partial charge in [0.05, 0.1) is 11.4 Å². The quantitative estimate of drug-likeness (QED) is 0.162. The summed E-state index contributed by atoms with van der Waals surface area (Å²) in [6, 6.07) is 73.0. The molecule has 0 aliphatic carbocycles. The van der Waals surface area contributed by atoms with Crippen LogP contribution in [-0.4, -0.2) is 15.0 Å². The molecule has 0 saturated heterocycles. The number of rotatable bonds is 7. The van der Waals surface area contributed by atoms with Crippen LogP contribution in [-0.2, 0) is 0 Å². The van der Waals surface area contributed by atoms with Gasteiger partial charge in [0, 0.05) is 53.5 Å². The number of hydrogen-bond acceptors (Lipinski definition) is 5. The minimum Gasteiger partial charge on any atom is -0.309 e. The molecule has 0 saturated carbocycles. The van der Waals surface area contributed by atoms with E-state index in [-0.39, 0.29) is 0 Å².